The second-order valence-electron chi connectivity index (χ2n) is 4.38. The number of hydrogen-bond donors (Lipinski definition) is 1. The molecule has 1 rings (SSSR count). The first-order valence-electron chi connectivity index (χ1n) is 4.71. The zero-order valence-electron chi connectivity index (χ0n) is 8.83. The number of halogens is 1. The summed E-state index contributed by atoms with van der Waals surface area (Å²) >= 11 is 3.31. The van der Waals surface area contributed by atoms with E-state index in [0.29, 0.717) is 6.42 Å². The van der Waals surface area contributed by atoms with E-state index < -0.39 is 5.97 Å². The summed E-state index contributed by atoms with van der Waals surface area (Å²) in [5, 5.41) is 8.74. The van der Waals surface area contributed by atoms with E-state index in [1.54, 1.807) is 6.20 Å². The molecule has 0 unspecified atom stereocenters. The summed E-state index contributed by atoms with van der Waals surface area (Å²) in [6, 6.07) is 3.83. The van der Waals surface area contributed by atoms with Gasteiger partial charge in [0.05, 0.1) is 6.42 Å². The van der Waals surface area contributed by atoms with Gasteiger partial charge in [0.25, 0.3) is 0 Å². The van der Waals surface area contributed by atoms with Crippen molar-refractivity contribution in [2.24, 2.45) is 5.41 Å². The third-order valence-electron chi connectivity index (χ3n) is 2.08. The quantitative estimate of drug-likeness (QED) is 0.916. The fraction of sp³-hybridized carbons (Fsp3) is 0.455. The summed E-state index contributed by atoms with van der Waals surface area (Å²) in [4.78, 5) is 14.9. The van der Waals surface area contributed by atoms with E-state index in [9.17, 15) is 4.79 Å². The number of carbonyl (C=O) groups is 1. The Balaban J connectivity index is 2.68. The van der Waals surface area contributed by atoms with Gasteiger partial charge >= 0.3 is 5.97 Å². The van der Waals surface area contributed by atoms with Crippen molar-refractivity contribution < 1.29 is 9.90 Å². The molecule has 0 aromatic carbocycles. The second-order valence-corrected chi connectivity index (χ2v) is 5.29. The Morgan fingerprint density at radius 3 is 2.67 bits per heavy atom. The van der Waals surface area contributed by atoms with Crippen molar-refractivity contribution in [3.05, 3.63) is 28.5 Å². The zero-order valence-corrected chi connectivity index (χ0v) is 10.4. The van der Waals surface area contributed by atoms with Gasteiger partial charge in [-0.3, -0.25) is 9.78 Å². The molecule has 4 heteroatoms. The van der Waals surface area contributed by atoms with E-state index in [0.717, 1.165) is 10.2 Å². The Labute approximate surface area is 97.7 Å². The number of carboxylic acid groups (broad SMARTS) is 1. The van der Waals surface area contributed by atoms with Crippen LogP contribution in [-0.2, 0) is 11.2 Å². The molecule has 0 spiro atoms. The van der Waals surface area contributed by atoms with Crippen LogP contribution in [0.2, 0.25) is 0 Å². The van der Waals surface area contributed by atoms with Gasteiger partial charge < -0.3 is 5.11 Å². The molecule has 1 aromatic heterocycles. The Kier molecular flexibility index (Phi) is 3.85. The van der Waals surface area contributed by atoms with Crippen molar-refractivity contribution in [1.82, 2.24) is 4.98 Å². The molecule has 3 nitrogen and oxygen atoms in total. The monoisotopic (exact) mass is 271 g/mol. The smallest absolute Gasteiger partial charge is 0.303 e. The summed E-state index contributed by atoms with van der Waals surface area (Å²) < 4.78 is 0.933. The summed E-state index contributed by atoms with van der Waals surface area (Å²) in [7, 11) is 0. The lowest BCUT2D eigenvalue weighted by Gasteiger charge is -2.21. The molecular formula is C11H14BrNO2. The van der Waals surface area contributed by atoms with Crippen molar-refractivity contribution in [2.45, 2.75) is 26.7 Å². The fourth-order valence-corrected chi connectivity index (χ4v) is 1.71. The van der Waals surface area contributed by atoms with Crippen LogP contribution in [0.5, 0.6) is 0 Å². The molecular weight excluding hydrogens is 258 g/mol. The molecule has 0 saturated carbocycles. The molecule has 0 aliphatic heterocycles. The summed E-state index contributed by atoms with van der Waals surface area (Å²) in [5.74, 6) is -0.767. The number of pyridine rings is 1. The van der Waals surface area contributed by atoms with E-state index in [1.807, 2.05) is 26.0 Å². The van der Waals surface area contributed by atoms with Gasteiger partial charge in [-0.15, -0.1) is 0 Å². The van der Waals surface area contributed by atoms with Crippen molar-refractivity contribution >= 4 is 21.9 Å². The molecule has 0 saturated heterocycles. The van der Waals surface area contributed by atoms with Crippen LogP contribution in [0.4, 0.5) is 0 Å². The predicted molar refractivity (Wildman–Crippen MR) is 61.7 cm³/mol. The van der Waals surface area contributed by atoms with Gasteiger partial charge in [0.15, 0.2) is 0 Å². The van der Waals surface area contributed by atoms with Gasteiger partial charge in [0.2, 0.25) is 0 Å². The van der Waals surface area contributed by atoms with E-state index in [-0.39, 0.29) is 11.8 Å². The highest BCUT2D eigenvalue weighted by Crippen LogP contribution is 2.25. The number of rotatable bonds is 4. The van der Waals surface area contributed by atoms with Gasteiger partial charge in [-0.25, -0.2) is 0 Å². The topological polar surface area (TPSA) is 50.2 Å². The average Bonchev–Trinajstić information content (AvgIpc) is 2.06. The highest BCUT2D eigenvalue weighted by molar-refractivity contribution is 9.10. The van der Waals surface area contributed by atoms with Crippen LogP contribution in [-0.4, -0.2) is 16.1 Å². The van der Waals surface area contributed by atoms with E-state index in [1.165, 1.54) is 0 Å². The second kappa shape index (κ2) is 4.75. The summed E-state index contributed by atoms with van der Waals surface area (Å²) in [6.07, 6.45) is 2.56. The zero-order chi connectivity index (χ0) is 11.5. The maximum Gasteiger partial charge on any atom is 0.303 e. The first-order valence-corrected chi connectivity index (χ1v) is 5.51. The van der Waals surface area contributed by atoms with E-state index in [2.05, 4.69) is 20.9 Å². The van der Waals surface area contributed by atoms with Crippen molar-refractivity contribution in [2.75, 3.05) is 0 Å². The highest BCUT2D eigenvalue weighted by Gasteiger charge is 2.22. The van der Waals surface area contributed by atoms with Gasteiger partial charge in [0.1, 0.15) is 0 Å². The minimum Gasteiger partial charge on any atom is -0.481 e. The molecule has 0 bridgehead atoms. The number of carboxylic acids is 1. The Morgan fingerprint density at radius 1 is 1.53 bits per heavy atom. The van der Waals surface area contributed by atoms with Gasteiger partial charge in [-0.1, -0.05) is 13.8 Å². The molecule has 1 aromatic rings. The lowest BCUT2D eigenvalue weighted by atomic mass is 9.84. The average molecular weight is 272 g/mol. The lowest BCUT2D eigenvalue weighted by molar-refractivity contribution is -0.139. The van der Waals surface area contributed by atoms with E-state index in [4.69, 9.17) is 5.11 Å². The highest BCUT2D eigenvalue weighted by atomic mass is 79.9. The third-order valence-corrected chi connectivity index (χ3v) is 2.55. The molecule has 0 radical (unpaired) electrons. The van der Waals surface area contributed by atoms with Gasteiger partial charge in [-0.2, -0.15) is 0 Å². The molecule has 0 atom stereocenters. The first kappa shape index (κ1) is 12.2. The fourth-order valence-electron chi connectivity index (χ4n) is 1.47. The van der Waals surface area contributed by atoms with Crippen molar-refractivity contribution in [3.63, 3.8) is 0 Å². The predicted octanol–water partition coefficient (Wildman–Crippen LogP) is 2.89. The lowest BCUT2D eigenvalue weighted by Crippen LogP contribution is -2.20. The Bertz CT molecular complexity index is 346. The van der Waals surface area contributed by atoms with Gasteiger partial charge in [-0.05, 0) is 39.9 Å². The van der Waals surface area contributed by atoms with Crippen LogP contribution in [0.3, 0.4) is 0 Å². The van der Waals surface area contributed by atoms with Crippen molar-refractivity contribution in [1.29, 1.82) is 0 Å². The molecule has 0 amide bonds. The molecule has 0 aliphatic rings. The maximum absolute atomic E-state index is 10.6. The van der Waals surface area contributed by atoms with Crippen molar-refractivity contribution in [3.8, 4) is 0 Å². The molecule has 1 N–H and O–H groups in total. The maximum atomic E-state index is 10.6. The third kappa shape index (κ3) is 4.42. The van der Waals surface area contributed by atoms with Crippen LogP contribution in [0.15, 0.2) is 22.8 Å². The summed E-state index contributed by atoms with van der Waals surface area (Å²) in [5.41, 5.74) is 0.664. The number of aliphatic carboxylic acids is 1. The number of hydrogen-bond acceptors (Lipinski definition) is 2. The van der Waals surface area contributed by atoms with E-state index >= 15 is 0 Å². The largest absolute Gasteiger partial charge is 0.481 e. The normalized spacial score (nSPS) is 11.4. The SMILES string of the molecule is CC(C)(CC(=O)O)Cc1ccc(Br)cn1. The molecule has 1 heterocycles. The van der Waals surface area contributed by atoms with Crippen LogP contribution in [0.1, 0.15) is 26.0 Å². The minimum atomic E-state index is -0.767. The number of nitrogens with zero attached hydrogens (tertiary/aromatic N) is 1. The molecule has 82 valence electrons. The molecule has 0 aliphatic carbocycles. The standard InChI is InChI=1S/C11H14BrNO2/c1-11(2,6-10(14)15)5-9-4-3-8(12)7-13-9/h3-4,7H,5-6H2,1-2H3,(H,14,15). The van der Waals surface area contributed by atoms with Crippen LogP contribution < -0.4 is 0 Å². The Morgan fingerprint density at radius 2 is 2.20 bits per heavy atom. The van der Waals surface area contributed by atoms with Crippen LogP contribution in [0.25, 0.3) is 0 Å². The molecule has 15 heavy (non-hydrogen) atoms. The van der Waals surface area contributed by atoms with Crippen LogP contribution >= 0.6 is 15.9 Å². The minimum absolute atomic E-state index is 0.157. The molecule has 0 fully saturated rings. The first-order chi connectivity index (χ1) is 6.89. The van der Waals surface area contributed by atoms with Gasteiger partial charge in [0, 0.05) is 16.4 Å². The Hall–Kier alpha value is -0.900. The number of aromatic nitrogens is 1. The summed E-state index contributed by atoms with van der Waals surface area (Å²) in [6.45, 7) is 3.87. The van der Waals surface area contributed by atoms with Crippen LogP contribution in [0, 0.1) is 5.41 Å².